The summed E-state index contributed by atoms with van der Waals surface area (Å²) in [6, 6.07) is 0.0771. The first-order valence-electron chi connectivity index (χ1n) is 5.17. The molecule has 0 amide bonds. The minimum Gasteiger partial charge on any atom is -0.367 e. The van der Waals surface area contributed by atoms with Crippen molar-refractivity contribution in [3.63, 3.8) is 0 Å². The average Bonchev–Trinajstić information content (AvgIpc) is 2.09. The molecule has 0 aromatic carbocycles. The van der Waals surface area contributed by atoms with Gasteiger partial charge in [0.25, 0.3) is 0 Å². The molecule has 0 rings (SSSR count). The molecule has 0 radical (unpaired) electrons. The molecular formula is C11H22N2O2. The van der Waals surface area contributed by atoms with Crippen molar-refractivity contribution < 1.29 is 9.63 Å². The number of hydrogen-bond donors (Lipinski definition) is 2. The minimum absolute atomic E-state index is 0.0771. The van der Waals surface area contributed by atoms with E-state index in [4.69, 9.17) is 10.6 Å². The summed E-state index contributed by atoms with van der Waals surface area (Å²) >= 11 is 0. The lowest BCUT2D eigenvalue weighted by Crippen LogP contribution is -2.42. The van der Waals surface area contributed by atoms with Crippen LogP contribution in [0.3, 0.4) is 0 Å². The van der Waals surface area contributed by atoms with Crippen LogP contribution in [0.5, 0.6) is 0 Å². The standard InChI is InChI=1S/C11H22N2O2/c1-6-9(7-11(4,5)12)13-15-10(14)8(2)3/h9,13H,2,6-7,12H2,1,3-5H3. The second kappa shape index (κ2) is 5.88. The van der Waals surface area contributed by atoms with Crippen molar-refractivity contribution in [3.8, 4) is 0 Å². The van der Waals surface area contributed by atoms with E-state index in [0.717, 1.165) is 12.8 Å². The maximum Gasteiger partial charge on any atom is 0.351 e. The monoisotopic (exact) mass is 214 g/mol. The Bertz CT molecular complexity index is 231. The van der Waals surface area contributed by atoms with Crippen molar-refractivity contribution in [2.45, 2.75) is 52.1 Å². The maximum atomic E-state index is 11.1. The van der Waals surface area contributed by atoms with Crippen molar-refractivity contribution in [1.29, 1.82) is 0 Å². The average molecular weight is 214 g/mol. The van der Waals surface area contributed by atoms with E-state index < -0.39 is 5.97 Å². The fourth-order valence-electron chi connectivity index (χ4n) is 1.13. The Hall–Kier alpha value is -0.870. The third-order valence-corrected chi connectivity index (χ3v) is 1.93. The van der Waals surface area contributed by atoms with Crippen LogP contribution >= 0.6 is 0 Å². The van der Waals surface area contributed by atoms with Crippen LogP contribution in [0.2, 0.25) is 0 Å². The molecule has 1 unspecified atom stereocenters. The molecule has 1 atom stereocenters. The second-order valence-electron chi connectivity index (χ2n) is 4.59. The van der Waals surface area contributed by atoms with E-state index >= 15 is 0 Å². The number of hydrogen-bond acceptors (Lipinski definition) is 4. The van der Waals surface area contributed by atoms with Gasteiger partial charge in [-0.05, 0) is 33.6 Å². The Morgan fingerprint density at radius 2 is 2.13 bits per heavy atom. The van der Waals surface area contributed by atoms with Crippen molar-refractivity contribution in [3.05, 3.63) is 12.2 Å². The summed E-state index contributed by atoms with van der Waals surface area (Å²) in [6.45, 7) is 11.0. The van der Waals surface area contributed by atoms with Gasteiger partial charge < -0.3 is 10.6 Å². The highest BCUT2D eigenvalue weighted by Crippen LogP contribution is 2.10. The van der Waals surface area contributed by atoms with E-state index in [0.29, 0.717) is 5.57 Å². The molecule has 0 saturated carbocycles. The predicted molar refractivity (Wildman–Crippen MR) is 61.0 cm³/mol. The van der Waals surface area contributed by atoms with Crippen LogP contribution in [0.25, 0.3) is 0 Å². The summed E-state index contributed by atoms with van der Waals surface area (Å²) < 4.78 is 0. The molecule has 88 valence electrons. The normalized spacial score (nSPS) is 13.4. The van der Waals surface area contributed by atoms with Gasteiger partial charge in [-0.25, -0.2) is 4.79 Å². The van der Waals surface area contributed by atoms with E-state index in [1.54, 1.807) is 6.92 Å². The Kier molecular flexibility index (Phi) is 5.54. The first-order valence-corrected chi connectivity index (χ1v) is 5.17. The molecule has 3 N–H and O–H groups in total. The molecule has 0 fully saturated rings. The molecule has 0 heterocycles. The molecule has 0 aliphatic carbocycles. The highest BCUT2D eigenvalue weighted by Gasteiger charge is 2.18. The summed E-state index contributed by atoms with van der Waals surface area (Å²) in [7, 11) is 0. The van der Waals surface area contributed by atoms with Crippen LogP contribution in [0.4, 0.5) is 0 Å². The zero-order valence-electron chi connectivity index (χ0n) is 10.1. The lowest BCUT2D eigenvalue weighted by Gasteiger charge is -2.25. The van der Waals surface area contributed by atoms with E-state index in [1.807, 2.05) is 20.8 Å². The molecule has 4 nitrogen and oxygen atoms in total. The lowest BCUT2D eigenvalue weighted by atomic mass is 9.96. The first kappa shape index (κ1) is 14.1. The van der Waals surface area contributed by atoms with Crippen LogP contribution < -0.4 is 11.2 Å². The van der Waals surface area contributed by atoms with Gasteiger partial charge in [0, 0.05) is 17.2 Å². The Morgan fingerprint density at radius 3 is 2.47 bits per heavy atom. The van der Waals surface area contributed by atoms with Gasteiger partial charge in [0.2, 0.25) is 0 Å². The van der Waals surface area contributed by atoms with Crippen LogP contribution in [-0.2, 0) is 9.63 Å². The van der Waals surface area contributed by atoms with Crippen molar-refractivity contribution in [1.82, 2.24) is 5.48 Å². The number of hydroxylamine groups is 1. The summed E-state index contributed by atoms with van der Waals surface area (Å²) in [5, 5.41) is 0. The van der Waals surface area contributed by atoms with Gasteiger partial charge >= 0.3 is 5.97 Å². The Labute approximate surface area is 91.8 Å². The molecule has 15 heavy (non-hydrogen) atoms. The van der Waals surface area contributed by atoms with Gasteiger partial charge in [-0.1, -0.05) is 13.5 Å². The van der Waals surface area contributed by atoms with Crippen LogP contribution in [0.1, 0.15) is 40.5 Å². The molecule has 0 aromatic rings. The summed E-state index contributed by atoms with van der Waals surface area (Å²) in [6.07, 6.45) is 1.59. The van der Waals surface area contributed by atoms with Crippen molar-refractivity contribution in [2.24, 2.45) is 5.73 Å². The van der Waals surface area contributed by atoms with Crippen molar-refractivity contribution in [2.75, 3.05) is 0 Å². The fourth-order valence-corrected chi connectivity index (χ4v) is 1.13. The fraction of sp³-hybridized carbons (Fsp3) is 0.727. The maximum absolute atomic E-state index is 11.1. The SMILES string of the molecule is C=C(C)C(=O)ONC(CC)CC(C)(C)N. The number of rotatable bonds is 6. The predicted octanol–water partition coefficient (Wildman–Crippen LogP) is 1.52. The number of nitrogens with one attached hydrogen (secondary N) is 1. The molecule has 0 aliphatic rings. The molecule has 0 aromatic heterocycles. The molecule has 0 aliphatic heterocycles. The molecule has 0 saturated heterocycles. The molecule has 0 spiro atoms. The van der Waals surface area contributed by atoms with Gasteiger partial charge in [0.05, 0.1) is 0 Å². The highest BCUT2D eigenvalue weighted by atomic mass is 16.7. The highest BCUT2D eigenvalue weighted by molar-refractivity contribution is 5.86. The first-order chi connectivity index (χ1) is 6.76. The largest absolute Gasteiger partial charge is 0.367 e. The van der Waals surface area contributed by atoms with Gasteiger partial charge in [-0.2, -0.15) is 0 Å². The lowest BCUT2D eigenvalue weighted by molar-refractivity contribution is -0.148. The van der Waals surface area contributed by atoms with E-state index in [1.165, 1.54) is 0 Å². The van der Waals surface area contributed by atoms with E-state index in [2.05, 4.69) is 12.1 Å². The van der Waals surface area contributed by atoms with Crippen LogP contribution in [0, 0.1) is 0 Å². The zero-order chi connectivity index (χ0) is 12.1. The number of carbonyl (C=O) groups excluding carboxylic acids is 1. The Balaban J connectivity index is 4.01. The third-order valence-electron chi connectivity index (χ3n) is 1.93. The Morgan fingerprint density at radius 1 is 1.60 bits per heavy atom. The van der Waals surface area contributed by atoms with Crippen LogP contribution in [-0.4, -0.2) is 17.6 Å². The summed E-state index contributed by atoms with van der Waals surface area (Å²) in [5.74, 6) is -0.428. The smallest absolute Gasteiger partial charge is 0.351 e. The number of nitrogens with two attached hydrogens (primary N) is 1. The van der Waals surface area contributed by atoms with Gasteiger partial charge in [-0.15, -0.1) is 5.48 Å². The molecule has 4 heteroatoms. The summed E-state index contributed by atoms with van der Waals surface area (Å²) in [4.78, 5) is 16.0. The molecule has 0 bridgehead atoms. The quantitative estimate of drug-likeness (QED) is 0.519. The number of carbonyl (C=O) groups is 1. The van der Waals surface area contributed by atoms with E-state index in [9.17, 15) is 4.79 Å². The van der Waals surface area contributed by atoms with Gasteiger partial charge in [-0.3, -0.25) is 0 Å². The topological polar surface area (TPSA) is 64.3 Å². The van der Waals surface area contributed by atoms with Gasteiger partial charge in [0.1, 0.15) is 0 Å². The molecular weight excluding hydrogens is 192 g/mol. The van der Waals surface area contributed by atoms with Gasteiger partial charge in [0.15, 0.2) is 0 Å². The zero-order valence-corrected chi connectivity index (χ0v) is 10.1. The minimum atomic E-state index is -0.428. The second-order valence-corrected chi connectivity index (χ2v) is 4.59. The summed E-state index contributed by atoms with van der Waals surface area (Å²) in [5.41, 5.74) is 8.70. The van der Waals surface area contributed by atoms with Crippen molar-refractivity contribution >= 4 is 5.97 Å². The van der Waals surface area contributed by atoms with Crippen LogP contribution in [0.15, 0.2) is 12.2 Å². The third kappa shape index (κ3) is 7.11. The van der Waals surface area contributed by atoms with E-state index in [-0.39, 0.29) is 11.6 Å².